The third-order valence-electron chi connectivity index (χ3n) is 4.92. The van der Waals surface area contributed by atoms with E-state index in [1.165, 1.54) is 12.1 Å². The fraction of sp³-hybridized carbons (Fsp3) is 0.208. The van der Waals surface area contributed by atoms with E-state index >= 15 is 0 Å². The van der Waals surface area contributed by atoms with Gasteiger partial charge in [-0.05, 0) is 73.9 Å². The van der Waals surface area contributed by atoms with Crippen molar-refractivity contribution in [2.24, 2.45) is 0 Å². The van der Waals surface area contributed by atoms with Crippen molar-refractivity contribution in [1.29, 1.82) is 0 Å². The predicted molar refractivity (Wildman–Crippen MR) is 120 cm³/mol. The molecule has 0 spiro atoms. The van der Waals surface area contributed by atoms with E-state index in [9.17, 15) is 22.0 Å². The molecule has 0 saturated carbocycles. The van der Waals surface area contributed by atoms with Crippen molar-refractivity contribution < 1.29 is 22.0 Å². The Bertz CT molecular complexity index is 1140. The Morgan fingerprint density at radius 1 is 0.906 bits per heavy atom. The molecule has 8 heteroatoms. The first-order valence-corrected chi connectivity index (χ1v) is 11.6. The number of benzene rings is 3. The van der Waals surface area contributed by atoms with E-state index < -0.39 is 34.1 Å². The average molecular weight is 459 g/mol. The number of carbonyl (C=O) groups is 1. The molecule has 168 valence electrons. The van der Waals surface area contributed by atoms with Gasteiger partial charge in [0.1, 0.15) is 18.2 Å². The number of anilines is 1. The number of amides is 1. The smallest absolute Gasteiger partial charge is 0.264 e. The lowest BCUT2D eigenvalue weighted by molar-refractivity contribution is -0.120. The van der Waals surface area contributed by atoms with Crippen molar-refractivity contribution in [1.82, 2.24) is 5.32 Å². The first-order chi connectivity index (χ1) is 15.3. The number of halogens is 2. The monoisotopic (exact) mass is 458 g/mol. The minimum absolute atomic E-state index is 0.128. The minimum atomic E-state index is -4.19. The molecule has 0 aliphatic carbocycles. The highest BCUT2D eigenvalue weighted by atomic mass is 32.2. The second-order valence-corrected chi connectivity index (χ2v) is 9.30. The standard InChI is InChI=1S/C24H24F2N2O3S/c1-18(7-8-19-5-3-2-4-6-19)27-24(29)17-28(22-13-9-20(25)10-14-22)32(30,31)23-15-11-21(26)12-16-23/h2-6,9-16,18H,7-8,17H2,1H3,(H,27,29). The lowest BCUT2D eigenvalue weighted by Crippen LogP contribution is -2.43. The molecule has 1 unspecified atom stereocenters. The molecule has 0 heterocycles. The van der Waals surface area contributed by atoms with Crippen LogP contribution in [-0.4, -0.2) is 26.9 Å². The van der Waals surface area contributed by atoms with Gasteiger partial charge in [0.05, 0.1) is 10.6 Å². The Morgan fingerprint density at radius 2 is 1.47 bits per heavy atom. The van der Waals surface area contributed by atoms with Crippen LogP contribution in [0.2, 0.25) is 0 Å². The number of rotatable bonds is 9. The molecule has 1 amide bonds. The fourth-order valence-electron chi connectivity index (χ4n) is 3.21. The van der Waals surface area contributed by atoms with Gasteiger partial charge in [0.15, 0.2) is 0 Å². The summed E-state index contributed by atoms with van der Waals surface area (Å²) in [4.78, 5) is 12.5. The molecule has 1 atom stereocenters. The largest absolute Gasteiger partial charge is 0.352 e. The Hall–Kier alpha value is -3.26. The molecule has 5 nitrogen and oxygen atoms in total. The summed E-state index contributed by atoms with van der Waals surface area (Å²) in [5, 5.41) is 2.82. The number of sulfonamides is 1. The van der Waals surface area contributed by atoms with Gasteiger partial charge in [-0.1, -0.05) is 30.3 Å². The summed E-state index contributed by atoms with van der Waals surface area (Å²) in [5.74, 6) is -1.62. The quantitative estimate of drug-likeness (QED) is 0.520. The SMILES string of the molecule is CC(CCc1ccccc1)NC(=O)CN(c1ccc(F)cc1)S(=O)(=O)c1ccc(F)cc1. The molecule has 0 aromatic heterocycles. The number of nitrogens with zero attached hydrogens (tertiary/aromatic N) is 1. The Labute approximate surface area is 186 Å². The van der Waals surface area contributed by atoms with Gasteiger partial charge >= 0.3 is 0 Å². The number of nitrogens with one attached hydrogen (secondary N) is 1. The van der Waals surface area contributed by atoms with Crippen LogP contribution >= 0.6 is 0 Å². The molecule has 3 aromatic carbocycles. The van der Waals surface area contributed by atoms with Gasteiger partial charge in [0, 0.05) is 6.04 Å². The molecule has 0 fully saturated rings. The molecular weight excluding hydrogens is 434 g/mol. The van der Waals surface area contributed by atoms with Crippen LogP contribution in [0, 0.1) is 11.6 Å². The Balaban J connectivity index is 1.75. The maximum absolute atomic E-state index is 13.4. The summed E-state index contributed by atoms with van der Waals surface area (Å²) in [6, 6.07) is 18.7. The maximum atomic E-state index is 13.4. The van der Waals surface area contributed by atoms with Crippen LogP contribution in [0.5, 0.6) is 0 Å². The van der Waals surface area contributed by atoms with Crippen molar-refractivity contribution in [3.8, 4) is 0 Å². The van der Waals surface area contributed by atoms with E-state index in [2.05, 4.69) is 5.32 Å². The third kappa shape index (κ3) is 6.13. The molecule has 3 rings (SSSR count). The van der Waals surface area contributed by atoms with Gasteiger partial charge in [0.25, 0.3) is 10.0 Å². The lowest BCUT2D eigenvalue weighted by Gasteiger charge is -2.25. The number of carbonyl (C=O) groups excluding carboxylic acids is 1. The van der Waals surface area contributed by atoms with E-state index in [1.54, 1.807) is 0 Å². The minimum Gasteiger partial charge on any atom is -0.352 e. The van der Waals surface area contributed by atoms with Gasteiger partial charge in [-0.25, -0.2) is 17.2 Å². The molecule has 0 radical (unpaired) electrons. The van der Waals surface area contributed by atoms with Crippen LogP contribution in [0.1, 0.15) is 18.9 Å². The summed E-state index contributed by atoms with van der Waals surface area (Å²) in [7, 11) is -4.19. The van der Waals surface area contributed by atoms with Crippen LogP contribution < -0.4 is 9.62 Å². The zero-order chi connectivity index (χ0) is 23.1. The van der Waals surface area contributed by atoms with Crippen molar-refractivity contribution in [2.75, 3.05) is 10.8 Å². The van der Waals surface area contributed by atoms with Crippen molar-refractivity contribution in [3.05, 3.63) is 96.1 Å². The summed E-state index contributed by atoms with van der Waals surface area (Å²) in [5.41, 5.74) is 1.27. The predicted octanol–water partition coefficient (Wildman–Crippen LogP) is 4.30. The van der Waals surface area contributed by atoms with E-state index in [1.807, 2.05) is 37.3 Å². The van der Waals surface area contributed by atoms with Crippen LogP contribution in [0.4, 0.5) is 14.5 Å². The molecule has 1 N–H and O–H groups in total. The van der Waals surface area contributed by atoms with Crippen LogP contribution in [0.25, 0.3) is 0 Å². The normalized spacial score (nSPS) is 12.2. The summed E-state index contributed by atoms with van der Waals surface area (Å²) in [6.45, 7) is 1.35. The molecule has 3 aromatic rings. The van der Waals surface area contributed by atoms with E-state index in [0.29, 0.717) is 6.42 Å². The molecule has 0 aliphatic rings. The van der Waals surface area contributed by atoms with Gasteiger partial charge in [-0.2, -0.15) is 0 Å². The van der Waals surface area contributed by atoms with Crippen molar-refractivity contribution in [2.45, 2.75) is 30.7 Å². The molecule has 0 aliphatic heterocycles. The number of aryl methyl sites for hydroxylation is 1. The number of hydrogen-bond donors (Lipinski definition) is 1. The van der Waals surface area contributed by atoms with Crippen molar-refractivity contribution >= 4 is 21.6 Å². The maximum Gasteiger partial charge on any atom is 0.264 e. The van der Waals surface area contributed by atoms with Crippen LogP contribution in [0.15, 0.2) is 83.8 Å². The van der Waals surface area contributed by atoms with Crippen LogP contribution in [-0.2, 0) is 21.2 Å². The molecule has 0 bridgehead atoms. The highest BCUT2D eigenvalue weighted by Crippen LogP contribution is 2.24. The zero-order valence-corrected chi connectivity index (χ0v) is 18.4. The Morgan fingerprint density at radius 3 is 2.06 bits per heavy atom. The summed E-state index contributed by atoms with van der Waals surface area (Å²) >= 11 is 0. The third-order valence-corrected chi connectivity index (χ3v) is 6.71. The van der Waals surface area contributed by atoms with E-state index in [-0.39, 0.29) is 16.6 Å². The highest BCUT2D eigenvalue weighted by Gasteiger charge is 2.27. The lowest BCUT2D eigenvalue weighted by atomic mass is 10.1. The van der Waals surface area contributed by atoms with Crippen LogP contribution in [0.3, 0.4) is 0 Å². The number of hydrogen-bond acceptors (Lipinski definition) is 3. The second kappa shape index (κ2) is 10.4. The summed E-state index contributed by atoms with van der Waals surface area (Å²) < 4.78 is 53.9. The molecule has 0 saturated heterocycles. The van der Waals surface area contributed by atoms with Gasteiger partial charge in [-0.3, -0.25) is 9.10 Å². The average Bonchev–Trinajstić information content (AvgIpc) is 2.78. The summed E-state index contributed by atoms with van der Waals surface area (Å²) in [6.07, 6.45) is 1.44. The topological polar surface area (TPSA) is 66.5 Å². The first kappa shape index (κ1) is 23.4. The van der Waals surface area contributed by atoms with E-state index in [0.717, 1.165) is 52.7 Å². The Kier molecular flexibility index (Phi) is 7.58. The second-order valence-electron chi connectivity index (χ2n) is 7.43. The van der Waals surface area contributed by atoms with E-state index in [4.69, 9.17) is 0 Å². The van der Waals surface area contributed by atoms with Gasteiger partial charge in [-0.15, -0.1) is 0 Å². The first-order valence-electron chi connectivity index (χ1n) is 10.1. The van der Waals surface area contributed by atoms with Gasteiger partial charge in [0.2, 0.25) is 5.91 Å². The zero-order valence-electron chi connectivity index (χ0n) is 17.5. The highest BCUT2D eigenvalue weighted by molar-refractivity contribution is 7.92. The van der Waals surface area contributed by atoms with Crippen molar-refractivity contribution in [3.63, 3.8) is 0 Å². The molecular formula is C24H24F2N2O3S. The van der Waals surface area contributed by atoms with Gasteiger partial charge < -0.3 is 5.32 Å². The molecule has 32 heavy (non-hydrogen) atoms. The fourth-order valence-corrected chi connectivity index (χ4v) is 4.63.